The fourth-order valence-electron chi connectivity index (χ4n) is 2.69. The SMILES string of the molecule is Cl.O=C(CC1CSCCN1)NC1(c2cccc(Cl)c2)CC1. The van der Waals surface area contributed by atoms with E-state index in [1.807, 2.05) is 36.0 Å². The average molecular weight is 347 g/mol. The van der Waals surface area contributed by atoms with Crippen molar-refractivity contribution < 1.29 is 4.79 Å². The third-order valence-electron chi connectivity index (χ3n) is 3.94. The van der Waals surface area contributed by atoms with Gasteiger partial charge in [0.05, 0.1) is 5.54 Å². The van der Waals surface area contributed by atoms with Crippen LogP contribution in [0.4, 0.5) is 0 Å². The number of hydrogen-bond donors (Lipinski definition) is 2. The summed E-state index contributed by atoms with van der Waals surface area (Å²) < 4.78 is 0. The van der Waals surface area contributed by atoms with Crippen molar-refractivity contribution in [3.05, 3.63) is 34.9 Å². The maximum Gasteiger partial charge on any atom is 0.222 e. The van der Waals surface area contributed by atoms with Gasteiger partial charge in [0.2, 0.25) is 5.91 Å². The minimum Gasteiger partial charge on any atom is -0.347 e. The summed E-state index contributed by atoms with van der Waals surface area (Å²) in [6.45, 7) is 1.00. The van der Waals surface area contributed by atoms with Gasteiger partial charge in [0.1, 0.15) is 0 Å². The van der Waals surface area contributed by atoms with Gasteiger partial charge in [0.15, 0.2) is 0 Å². The second-order valence-electron chi connectivity index (χ2n) is 5.57. The van der Waals surface area contributed by atoms with E-state index in [4.69, 9.17) is 11.6 Å². The number of carbonyl (C=O) groups excluding carboxylic acids is 1. The Balaban J connectivity index is 0.00000161. The van der Waals surface area contributed by atoms with Gasteiger partial charge in [0, 0.05) is 35.5 Å². The molecule has 2 aliphatic rings. The molecule has 0 spiro atoms. The number of benzene rings is 1. The highest BCUT2D eigenvalue weighted by molar-refractivity contribution is 7.99. The Morgan fingerprint density at radius 1 is 1.48 bits per heavy atom. The lowest BCUT2D eigenvalue weighted by molar-refractivity contribution is -0.122. The number of hydrogen-bond acceptors (Lipinski definition) is 3. The molecule has 1 amide bonds. The van der Waals surface area contributed by atoms with Gasteiger partial charge in [-0.2, -0.15) is 11.8 Å². The zero-order chi connectivity index (χ0) is 14.0. The number of thioether (sulfide) groups is 1. The molecule has 1 unspecified atom stereocenters. The van der Waals surface area contributed by atoms with Crippen molar-refractivity contribution in [2.45, 2.75) is 30.8 Å². The topological polar surface area (TPSA) is 41.1 Å². The zero-order valence-corrected chi connectivity index (χ0v) is 14.1. The van der Waals surface area contributed by atoms with E-state index in [1.165, 1.54) is 0 Å². The molecule has 0 bridgehead atoms. The third kappa shape index (κ3) is 4.28. The Morgan fingerprint density at radius 2 is 2.29 bits per heavy atom. The van der Waals surface area contributed by atoms with Crippen LogP contribution in [0, 0.1) is 0 Å². The minimum absolute atomic E-state index is 0. The van der Waals surface area contributed by atoms with Crippen LogP contribution in [-0.2, 0) is 10.3 Å². The summed E-state index contributed by atoms with van der Waals surface area (Å²) in [5.74, 6) is 2.31. The van der Waals surface area contributed by atoms with Crippen LogP contribution >= 0.6 is 35.8 Å². The normalized spacial score (nSPS) is 23.0. The second-order valence-corrected chi connectivity index (χ2v) is 7.16. The smallest absolute Gasteiger partial charge is 0.222 e. The molecule has 3 nitrogen and oxygen atoms in total. The molecule has 1 aromatic rings. The van der Waals surface area contributed by atoms with Gasteiger partial charge in [-0.1, -0.05) is 23.7 Å². The molecule has 1 aromatic carbocycles. The molecule has 1 aliphatic carbocycles. The number of carbonyl (C=O) groups is 1. The van der Waals surface area contributed by atoms with Crippen molar-refractivity contribution in [1.29, 1.82) is 0 Å². The molecule has 1 saturated carbocycles. The Bertz CT molecular complexity index is 502. The summed E-state index contributed by atoms with van der Waals surface area (Å²) in [5, 5.41) is 7.34. The molecule has 1 saturated heterocycles. The molecule has 1 aliphatic heterocycles. The van der Waals surface area contributed by atoms with Crippen molar-refractivity contribution in [3.8, 4) is 0 Å². The molecule has 3 rings (SSSR count). The Kier molecular flexibility index (Phi) is 5.83. The molecule has 1 atom stereocenters. The molecule has 2 fully saturated rings. The number of halogens is 2. The van der Waals surface area contributed by atoms with Gasteiger partial charge >= 0.3 is 0 Å². The highest BCUT2D eigenvalue weighted by atomic mass is 35.5. The van der Waals surface area contributed by atoms with Crippen LogP contribution in [0.3, 0.4) is 0 Å². The predicted molar refractivity (Wildman–Crippen MR) is 91.5 cm³/mol. The highest BCUT2D eigenvalue weighted by Gasteiger charge is 2.45. The molecule has 2 N–H and O–H groups in total. The van der Waals surface area contributed by atoms with Crippen molar-refractivity contribution >= 4 is 41.7 Å². The number of rotatable bonds is 4. The summed E-state index contributed by atoms with van der Waals surface area (Å²) in [6, 6.07) is 8.14. The molecule has 0 radical (unpaired) electrons. The van der Waals surface area contributed by atoms with E-state index in [-0.39, 0.29) is 23.9 Å². The summed E-state index contributed by atoms with van der Waals surface area (Å²) in [4.78, 5) is 12.2. The Labute approximate surface area is 141 Å². The average Bonchev–Trinajstić information content (AvgIpc) is 3.20. The second kappa shape index (κ2) is 7.23. The van der Waals surface area contributed by atoms with Crippen LogP contribution in [0.5, 0.6) is 0 Å². The van der Waals surface area contributed by atoms with Crippen LogP contribution in [0.1, 0.15) is 24.8 Å². The Hall–Kier alpha value is -0.420. The monoisotopic (exact) mass is 346 g/mol. The first kappa shape index (κ1) is 16.9. The summed E-state index contributed by atoms with van der Waals surface area (Å²) in [7, 11) is 0. The van der Waals surface area contributed by atoms with Crippen molar-refractivity contribution in [2.24, 2.45) is 0 Å². The van der Waals surface area contributed by atoms with Crippen LogP contribution in [-0.4, -0.2) is 30.0 Å². The molecule has 0 aromatic heterocycles. The standard InChI is InChI=1S/C15H19ClN2OS.ClH/c16-12-3-1-2-11(8-12)15(4-5-15)18-14(19)9-13-10-20-7-6-17-13;/h1-3,8,13,17H,4-7,9-10H2,(H,18,19);1H. The quantitative estimate of drug-likeness (QED) is 0.880. The lowest BCUT2D eigenvalue weighted by Gasteiger charge is -2.24. The van der Waals surface area contributed by atoms with Gasteiger partial charge in [-0.25, -0.2) is 0 Å². The fraction of sp³-hybridized carbons (Fsp3) is 0.533. The van der Waals surface area contributed by atoms with Crippen LogP contribution in [0.25, 0.3) is 0 Å². The van der Waals surface area contributed by atoms with Crippen LogP contribution < -0.4 is 10.6 Å². The molecule has 1 heterocycles. The van der Waals surface area contributed by atoms with Crippen LogP contribution in [0.2, 0.25) is 5.02 Å². The minimum atomic E-state index is -0.163. The molecule has 21 heavy (non-hydrogen) atoms. The van der Waals surface area contributed by atoms with E-state index in [0.29, 0.717) is 12.5 Å². The van der Waals surface area contributed by atoms with E-state index in [1.54, 1.807) is 0 Å². The molecule has 6 heteroatoms. The summed E-state index contributed by atoms with van der Waals surface area (Å²) in [6.07, 6.45) is 2.58. The first-order valence-corrected chi connectivity index (χ1v) is 8.59. The molecular formula is C15H20Cl2N2OS. The third-order valence-corrected chi connectivity index (χ3v) is 5.30. The maximum atomic E-state index is 12.2. The van der Waals surface area contributed by atoms with E-state index < -0.39 is 0 Å². The van der Waals surface area contributed by atoms with Crippen molar-refractivity contribution in [1.82, 2.24) is 10.6 Å². The first-order valence-electron chi connectivity index (χ1n) is 7.06. The van der Waals surface area contributed by atoms with Gasteiger partial charge in [0.25, 0.3) is 0 Å². The van der Waals surface area contributed by atoms with Gasteiger partial charge in [-0.15, -0.1) is 12.4 Å². The van der Waals surface area contributed by atoms with Crippen molar-refractivity contribution in [2.75, 3.05) is 18.1 Å². The lowest BCUT2D eigenvalue weighted by Crippen LogP contribution is -2.43. The highest BCUT2D eigenvalue weighted by Crippen LogP contribution is 2.46. The largest absolute Gasteiger partial charge is 0.347 e. The number of amides is 1. The molecular weight excluding hydrogens is 327 g/mol. The maximum absolute atomic E-state index is 12.2. The van der Waals surface area contributed by atoms with E-state index in [9.17, 15) is 4.79 Å². The van der Waals surface area contributed by atoms with E-state index in [2.05, 4.69) is 10.6 Å². The Morgan fingerprint density at radius 3 is 2.90 bits per heavy atom. The fourth-order valence-corrected chi connectivity index (χ4v) is 3.83. The van der Waals surface area contributed by atoms with Crippen molar-refractivity contribution in [3.63, 3.8) is 0 Å². The zero-order valence-electron chi connectivity index (χ0n) is 11.7. The number of nitrogens with one attached hydrogen (secondary N) is 2. The van der Waals surface area contributed by atoms with Crippen LogP contribution in [0.15, 0.2) is 24.3 Å². The van der Waals surface area contributed by atoms with Gasteiger partial charge in [-0.05, 0) is 30.5 Å². The van der Waals surface area contributed by atoms with E-state index in [0.717, 1.165) is 41.5 Å². The summed E-state index contributed by atoms with van der Waals surface area (Å²) >= 11 is 7.96. The predicted octanol–water partition coefficient (Wildman–Crippen LogP) is 2.96. The van der Waals surface area contributed by atoms with Gasteiger partial charge < -0.3 is 10.6 Å². The lowest BCUT2D eigenvalue weighted by atomic mass is 10.0. The summed E-state index contributed by atoms with van der Waals surface area (Å²) in [5.41, 5.74) is 0.966. The van der Waals surface area contributed by atoms with E-state index >= 15 is 0 Å². The first-order chi connectivity index (χ1) is 9.68. The van der Waals surface area contributed by atoms with Gasteiger partial charge in [-0.3, -0.25) is 4.79 Å². The molecule has 116 valence electrons.